The quantitative estimate of drug-likeness (QED) is 0.365. The van der Waals surface area contributed by atoms with E-state index in [-0.39, 0.29) is 43.5 Å². The number of carbonyl (C=O) groups excluding carboxylic acids is 3. The fourth-order valence-corrected chi connectivity index (χ4v) is 4.23. The Labute approximate surface area is 208 Å². The van der Waals surface area contributed by atoms with Crippen molar-refractivity contribution in [1.82, 2.24) is 14.7 Å². The SMILES string of the molecule is O=C(Cc1ccc(OCc2ccccc2)cc1)Nc1ccc2cnn(CCN3C(=O)CCC3=O)c2c1. The van der Waals surface area contributed by atoms with Crippen molar-refractivity contribution in [1.29, 1.82) is 0 Å². The van der Waals surface area contributed by atoms with E-state index in [0.29, 0.717) is 18.8 Å². The third kappa shape index (κ3) is 5.43. The average molecular weight is 483 g/mol. The number of ether oxygens (including phenoxy) is 1. The summed E-state index contributed by atoms with van der Waals surface area (Å²) in [6.07, 6.45) is 2.52. The molecule has 4 aromatic rings. The first-order chi connectivity index (χ1) is 17.5. The molecule has 36 heavy (non-hydrogen) atoms. The Morgan fingerprint density at radius 1 is 0.889 bits per heavy atom. The molecule has 1 fully saturated rings. The number of hydrogen-bond acceptors (Lipinski definition) is 5. The fourth-order valence-electron chi connectivity index (χ4n) is 4.23. The summed E-state index contributed by atoms with van der Waals surface area (Å²) in [6.45, 7) is 1.18. The van der Waals surface area contributed by atoms with Crippen molar-refractivity contribution in [2.24, 2.45) is 0 Å². The molecule has 0 aliphatic carbocycles. The number of aromatic nitrogens is 2. The van der Waals surface area contributed by atoms with Gasteiger partial charge in [0.2, 0.25) is 17.7 Å². The molecule has 1 aromatic heterocycles. The number of rotatable bonds is 9. The molecule has 0 spiro atoms. The van der Waals surface area contributed by atoms with E-state index >= 15 is 0 Å². The second kappa shape index (κ2) is 10.4. The van der Waals surface area contributed by atoms with Crippen LogP contribution >= 0.6 is 0 Å². The predicted octanol–water partition coefficient (Wildman–Crippen LogP) is 3.95. The minimum absolute atomic E-state index is 0.133. The van der Waals surface area contributed by atoms with Gasteiger partial charge < -0.3 is 10.1 Å². The van der Waals surface area contributed by atoms with Gasteiger partial charge >= 0.3 is 0 Å². The molecule has 182 valence electrons. The molecule has 3 aromatic carbocycles. The highest BCUT2D eigenvalue weighted by atomic mass is 16.5. The van der Waals surface area contributed by atoms with Crippen LogP contribution in [0.2, 0.25) is 0 Å². The third-order valence-electron chi connectivity index (χ3n) is 6.16. The molecule has 0 saturated carbocycles. The Morgan fingerprint density at radius 2 is 1.64 bits per heavy atom. The number of benzene rings is 3. The van der Waals surface area contributed by atoms with Crippen molar-refractivity contribution >= 4 is 34.3 Å². The Balaban J connectivity index is 1.17. The van der Waals surface area contributed by atoms with Crippen molar-refractivity contribution < 1.29 is 19.1 Å². The number of nitrogens with one attached hydrogen (secondary N) is 1. The Morgan fingerprint density at radius 3 is 2.39 bits per heavy atom. The van der Waals surface area contributed by atoms with E-state index in [9.17, 15) is 14.4 Å². The predicted molar refractivity (Wildman–Crippen MR) is 135 cm³/mol. The van der Waals surface area contributed by atoms with E-state index in [2.05, 4.69) is 10.4 Å². The summed E-state index contributed by atoms with van der Waals surface area (Å²) in [5.74, 6) is 0.339. The lowest BCUT2D eigenvalue weighted by molar-refractivity contribution is -0.138. The Hall–Kier alpha value is -4.46. The minimum atomic E-state index is -0.139. The number of nitrogens with zero attached hydrogens (tertiary/aromatic N) is 3. The first-order valence-electron chi connectivity index (χ1n) is 11.9. The van der Waals surface area contributed by atoms with E-state index in [1.54, 1.807) is 10.9 Å². The molecule has 1 saturated heterocycles. The van der Waals surface area contributed by atoms with Crippen LogP contribution in [-0.2, 0) is 34.0 Å². The maximum Gasteiger partial charge on any atom is 0.229 e. The highest BCUT2D eigenvalue weighted by Gasteiger charge is 2.28. The zero-order valence-corrected chi connectivity index (χ0v) is 19.7. The van der Waals surface area contributed by atoms with Gasteiger partial charge in [0.15, 0.2) is 0 Å². The summed E-state index contributed by atoms with van der Waals surface area (Å²) in [5.41, 5.74) is 3.46. The van der Waals surface area contributed by atoms with Gasteiger partial charge in [0.05, 0.1) is 24.7 Å². The molecule has 1 aliphatic heterocycles. The lowest BCUT2D eigenvalue weighted by atomic mass is 10.1. The normalized spacial score (nSPS) is 13.4. The van der Waals surface area contributed by atoms with Gasteiger partial charge in [-0.3, -0.25) is 24.0 Å². The monoisotopic (exact) mass is 482 g/mol. The smallest absolute Gasteiger partial charge is 0.229 e. The van der Waals surface area contributed by atoms with Crippen LogP contribution in [0.4, 0.5) is 5.69 Å². The highest BCUT2D eigenvalue weighted by molar-refractivity contribution is 6.01. The summed E-state index contributed by atoms with van der Waals surface area (Å²) in [7, 11) is 0. The first-order valence-corrected chi connectivity index (χ1v) is 11.9. The van der Waals surface area contributed by atoms with Gasteiger partial charge in [-0.2, -0.15) is 5.10 Å². The standard InChI is InChI=1S/C28H26N4O4/c33-26(16-20-6-10-24(11-7-20)36-19-21-4-2-1-3-5-21)30-23-9-8-22-18-29-32(25(22)17-23)15-14-31-27(34)12-13-28(31)35/h1-11,17-18H,12-16,19H2,(H,30,33). The largest absolute Gasteiger partial charge is 0.489 e. The van der Waals surface area contributed by atoms with Crippen LogP contribution in [0.3, 0.4) is 0 Å². The van der Waals surface area contributed by atoms with Gasteiger partial charge in [-0.1, -0.05) is 42.5 Å². The van der Waals surface area contributed by atoms with Crippen LogP contribution < -0.4 is 10.1 Å². The van der Waals surface area contributed by atoms with Gasteiger partial charge in [0.1, 0.15) is 12.4 Å². The summed E-state index contributed by atoms with van der Waals surface area (Å²) >= 11 is 0. The molecule has 1 aliphatic rings. The number of imide groups is 1. The van der Waals surface area contributed by atoms with Gasteiger partial charge in [-0.25, -0.2) is 0 Å². The van der Waals surface area contributed by atoms with Crippen molar-refractivity contribution in [3.63, 3.8) is 0 Å². The molecule has 2 heterocycles. The number of carbonyl (C=O) groups is 3. The highest BCUT2D eigenvalue weighted by Crippen LogP contribution is 2.21. The van der Waals surface area contributed by atoms with Crippen LogP contribution in [0.1, 0.15) is 24.0 Å². The molecule has 3 amide bonds. The van der Waals surface area contributed by atoms with Crippen LogP contribution in [0.25, 0.3) is 10.9 Å². The average Bonchev–Trinajstić information content (AvgIpc) is 3.44. The molecule has 0 unspecified atom stereocenters. The van der Waals surface area contributed by atoms with E-state index < -0.39 is 0 Å². The zero-order chi connectivity index (χ0) is 24.9. The maximum absolute atomic E-state index is 12.7. The number of likely N-dealkylation sites (tertiary alicyclic amines) is 1. The first kappa shape index (κ1) is 23.3. The zero-order valence-electron chi connectivity index (χ0n) is 19.7. The summed E-state index contributed by atoms with van der Waals surface area (Å²) in [4.78, 5) is 37.7. The Kier molecular flexibility index (Phi) is 6.75. The molecule has 8 nitrogen and oxygen atoms in total. The van der Waals surface area contributed by atoms with Crippen LogP contribution in [-0.4, -0.2) is 38.9 Å². The molecule has 1 N–H and O–H groups in total. The summed E-state index contributed by atoms with van der Waals surface area (Å²) < 4.78 is 7.56. The van der Waals surface area contributed by atoms with Crippen molar-refractivity contribution in [3.8, 4) is 5.75 Å². The summed E-state index contributed by atoms with van der Waals surface area (Å²) in [5, 5.41) is 8.24. The van der Waals surface area contributed by atoms with E-state index in [0.717, 1.165) is 27.8 Å². The van der Waals surface area contributed by atoms with E-state index in [1.165, 1.54) is 4.90 Å². The molecule has 0 radical (unpaired) electrons. The molecule has 0 atom stereocenters. The minimum Gasteiger partial charge on any atom is -0.489 e. The second-order valence-electron chi connectivity index (χ2n) is 8.72. The van der Waals surface area contributed by atoms with Gasteiger partial charge in [-0.15, -0.1) is 0 Å². The Bertz CT molecular complexity index is 1380. The molecule has 0 bridgehead atoms. The number of amides is 3. The van der Waals surface area contributed by atoms with Crippen LogP contribution in [0.5, 0.6) is 5.75 Å². The number of hydrogen-bond donors (Lipinski definition) is 1. The summed E-state index contributed by atoms with van der Waals surface area (Å²) in [6, 6.07) is 23.0. The van der Waals surface area contributed by atoms with E-state index in [1.807, 2.05) is 72.8 Å². The molecular formula is C28H26N4O4. The maximum atomic E-state index is 12.7. The fraction of sp³-hybridized carbons (Fsp3) is 0.214. The molecule has 8 heteroatoms. The van der Waals surface area contributed by atoms with Crippen molar-refractivity contribution in [2.75, 3.05) is 11.9 Å². The lowest BCUT2D eigenvalue weighted by Gasteiger charge is -2.14. The molecule has 5 rings (SSSR count). The molecular weight excluding hydrogens is 456 g/mol. The van der Waals surface area contributed by atoms with Crippen molar-refractivity contribution in [3.05, 3.63) is 90.1 Å². The lowest BCUT2D eigenvalue weighted by Crippen LogP contribution is -2.32. The second-order valence-corrected chi connectivity index (χ2v) is 8.72. The van der Waals surface area contributed by atoms with Crippen LogP contribution in [0, 0.1) is 0 Å². The van der Waals surface area contributed by atoms with Gasteiger partial charge in [0.25, 0.3) is 0 Å². The van der Waals surface area contributed by atoms with Gasteiger partial charge in [-0.05, 0) is 41.5 Å². The van der Waals surface area contributed by atoms with Gasteiger partial charge in [0, 0.05) is 30.5 Å². The van der Waals surface area contributed by atoms with Crippen LogP contribution in [0.15, 0.2) is 79.0 Å². The van der Waals surface area contributed by atoms with Crippen molar-refractivity contribution in [2.45, 2.75) is 32.4 Å². The topological polar surface area (TPSA) is 93.5 Å². The van der Waals surface area contributed by atoms with E-state index in [4.69, 9.17) is 4.74 Å². The third-order valence-corrected chi connectivity index (χ3v) is 6.16. The number of anilines is 1. The number of fused-ring (bicyclic) bond motifs is 1.